The van der Waals surface area contributed by atoms with Crippen LogP contribution in [0.15, 0.2) is 18.2 Å². The highest BCUT2D eigenvalue weighted by atomic mass is 35.5. The first-order valence-electron chi connectivity index (χ1n) is 9.58. The number of fused-ring (bicyclic) bond motifs is 1. The van der Waals surface area contributed by atoms with E-state index in [1.807, 2.05) is 0 Å². The summed E-state index contributed by atoms with van der Waals surface area (Å²) in [4.78, 5) is 14.9. The fraction of sp³-hybridized carbons (Fsp3) is 0.400. The lowest BCUT2D eigenvalue weighted by molar-refractivity contribution is 0.0692. The molecule has 1 aliphatic rings. The van der Waals surface area contributed by atoms with Crippen LogP contribution < -0.4 is 0 Å². The van der Waals surface area contributed by atoms with Gasteiger partial charge in [0.1, 0.15) is 11.2 Å². The van der Waals surface area contributed by atoms with E-state index in [1.165, 1.54) is 32.3 Å². The summed E-state index contributed by atoms with van der Waals surface area (Å²) in [5.74, 6) is -1.51. The van der Waals surface area contributed by atoms with Crippen molar-refractivity contribution in [1.29, 1.82) is 0 Å². The average molecular weight is 517 g/mol. The second kappa shape index (κ2) is 8.42. The Morgan fingerprint density at radius 2 is 1.91 bits per heavy atom. The minimum atomic E-state index is -4.06. The number of nitrogens with one attached hydrogen (secondary N) is 1. The summed E-state index contributed by atoms with van der Waals surface area (Å²) < 4.78 is 51.2. The molecule has 1 aromatic carbocycles. The summed E-state index contributed by atoms with van der Waals surface area (Å²) in [5.41, 5.74) is 1.56. The molecular weight excluding hydrogens is 492 g/mol. The number of hydrogen-bond acceptors (Lipinski definition) is 6. The van der Waals surface area contributed by atoms with Gasteiger partial charge in [0.2, 0.25) is 0 Å². The molecule has 1 aliphatic carbocycles. The Labute approximate surface area is 197 Å². The SMILES string of the molecule is C.CN(C)S(=O)(=O)n1nc(C2CC2)c2[nH]c(C(=O)O)c(-c3ccc(CS(C)(=O)=O)c(Cl)c3)c21. The van der Waals surface area contributed by atoms with E-state index < -0.39 is 26.0 Å². The lowest BCUT2D eigenvalue weighted by Gasteiger charge is -2.13. The van der Waals surface area contributed by atoms with E-state index in [4.69, 9.17) is 11.6 Å². The quantitative estimate of drug-likeness (QED) is 0.491. The van der Waals surface area contributed by atoms with Gasteiger partial charge in [-0.15, -0.1) is 4.09 Å². The van der Waals surface area contributed by atoms with Gasteiger partial charge in [-0.25, -0.2) is 13.2 Å². The molecule has 0 spiro atoms. The maximum atomic E-state index is 13.0. The van der Waals surface area contributed by atoms with Crippen LogP contribution in [0, 0.1) is 0 Å². The zero-order valence-corrected chi connectivity index (χ0v) is 19.8. The zero-order chi connectivity index (χ0) is 23.6. The molecule has 4 rings (SSSR count). The second-order valence-corrected chi connectivity index (χ2v) is 12.6. The van der Waals surface area contributed by atoms with E-state index in [-0.39, 0.29) is 40.9 Å². The van der Waals surface area contributed by atoms with E-state index in [2.05, 4.69) is 10.1 Å². The maximum Gasteiger partial charge on any atom is 0.353 e. The van der Waals surface area contributed by atoms with Gasteiger partial charge in [0.25, 0.3) is 0 Å². The number of carbonyl (C=O) groups is 1. The molecule has 0 radical (unpaired) electrons. The van der Waals surface area contributed by atoms with Crippen LogP contribution in [0.1, 0.15) is 47.9 Å². The summed E-state index contributed by atoms with van der Waals surface area (Å²) in [5, 5.41) is 14.3. The Balaban J connectivity index is 0.00000306. The van der Waals surface area contributed by atoms with E-state index in [0.29, 0.717) is 22.3 Å². The summed E-state index contributed by atoms with van der Waals surface area (Å²) in [6.45, 7) is 0. The van der Waals surface area contributed by atoms with Crippen LogP contribution in [0.25, 0.3) is 22.2 Å². The van der Waals surface area contributed by atoms with Crippen LogP contribution in [0.5, 0.6) is 0 Å². The second-order valence-electron chi connectivity index (χ2n) is 8.07. The molecule has 0 atom stereocenters. The van der Waals surface area contributed by atoms with Gasteiger partial charge in [0, 0.05) is 36.9 Å². The Kier molecular flexibility index (Phi) is 6.44. The smallest absolute Gasteiger partial charge is 0.353 e. The lowest BCUT2D eigenvalue weighted by atomic mass is 10.0. The number of rotatable bonds is 7. The predicted octanol–water partition coefficient (Wildman–Crippen LogP) is 3.10. The van der Waals surface area contributed by atoms with Gasteiger partial charge in [0.15, 0.2) is 9.84 Å². The fourth-order valence-electron chi connectivity index (χ4n) is 3.57. The van der Waals surface area contributed by atoms with Gasteiger partial charge in [-0.2, -0.15) is 17.8 Å². The molecule has 2 aromatic heterocycles. The highest BCUT2D eigenvalue weighted by Gasteiger charge is 2.36. The first-order chi connectivity index (χ1) is 14.8. The molecule has 1 saturated carbocycles. The molecule has 3 aromatic rings. The number of aromatic amines is 1. The monoisotopic (exact) mass is 516 g/mol. The van der Waals surface area contributed by atoms with Crippen LogP contribution in [0.3, 0.4) is 0 Å². The first kappa shape index (κ1) is 25.2. The van der Waals surface area contributed by atoms with Crippen molar-refractivity contribution >= 4 is 48.7 Å². The highest BCUT2D eigenvalue weighted by molar-refractivity contribution is 7.89. The molecule has 1 fully saturated rings. The molecular formula is C20H25ClN4O6S2. The third kappa shape index (κ3) is 4.52. The van der Waals surface area contributed by atoms with E-state index in [0.717, 1.165) is 27.5 Å². The largest absolute Gasteiger partial charge is 0.477 e. The standard InChI is InChI=1S/C19H21ClN4O6S2.CH4/c1-23(2)32(29,30)24-18-14(11-6-7-12(13(20)8-11)9-31(3,27)28)16(19(25)26)21-17(18)15(22-24)10-4-5-10;/h6-8,10,21H,4-5,9H2,1-3H3,(H,25,26);1H4. The number of nitrogens with zero attached hydrogens (tertiary/aromatic N) is 3. The number of hydrogen-bond donors (Lipinski definition) is 2. The molecule has 33 heavy (non-hydrogen) atoms. The van der Waals surface area contributed by atoms with Crippen molar-refractivity contribution in [1.82, 2.24) is 18.5 Å². The Bertz CT molecular complexity index is 1470. The van der Waals surface area contributed by atoms with Crippen LogP contribution in [-0.4, -0.2) is 66.7 Å². The van der Waals surface area contributed by atoms with Crippen LogP contribution >= 0.6 is 11.6 Å². The summed E-state index contributed by atoms with van der Waals surface area (Å²) in [6.07, 6.45) is 2.74. The number of aromatic nitrogens is 3. The van der Waals surface area contributed by atoms with E-state index in [9.17, 15) is 26.7 Å². The molecule has 0 saturated heterocycles. The highest BCUT2D eigenvalue weighted by Crippen LogP contribution is 2.45. The number of sulfone groups is 1. The minimum Gasteiger partial charge on any atom is -0.477 e. The van der Waals surface area contributed by atoms with Crippen molar-refractivity contribution in [2.75, 3.05) is 20.4 Å². The predicted molar refractivity (Wildman–Crippen MR) is 127 cm³/mol. The van der Waals surface area contributed by atoms with E-state index in [1.54, 1.807) is 0 Å². The zero-order valence-electron chi connectivity index (χ0n) is 17.5. The van der Waals surface area contributed by atoms with Crippen LogP contribution in [0.4, 0.5) is 0 Å². The van der Waals surface area contributed by atoms with Crippen molar-refractivity contribution < 1.29 is 26.7 Å². The van der Waals surface area contributed by atoms with Crippen LogP contribution in [0.2, 0.25) is 5.02 Å². The number of halogens is 1. The molecule has 2 N–H and O–H groups in total. The maximum absolute atomic E-state index is 13.0. The van der Waals surface area contributed by atoms with Crippen LogP contribution in [-0.2, 0) is 25.8 Å². The number of carboxylic acid groups (broad SMARTS) is 1. The van der Waals surface area contributed by atoms with Crippen molar-refractivity contribution in [3.05, 3.63) is 40.2 Å². The van der Waals surface area contributed by atoms with Crippen molar-refractivity contribution in [2.45, 2.75) is 31.9 Å². The molecule has 0 aliphatic heterocycles. The number of benzene rings is 1. The third-order valence-corrected chi connectivity index (χ3v) is 8.05. The summed E-state index contributed by atoms with van der Waals surface area (Å²) >= 11 is 6.31. The van der Waals surface area contributed by atoms with Gasteiger partial charge < -0.3 is 10.1 Å². The number of carboxylic acids is 1. The lowest BCUT2D eigenvalue weighted by Crippen LogP contribution is -2.29. The van der Waals surface area contributed by atoms with Crippen molar-refractivity contribution in [2.24, 2.45) is 0 Å². The van der Waals surface area contributed by atoms with Gasteiger partial charge in [-0.3, -0.25) is 0 Å². The molecule has 2 heterocycles. The number of H-pyrrole nitrogens is 1. The molecule has 13 heteroatoms. The Hall–Kier alpha value is -2.41. The van der Waals surface area contributed by atoms with Gasteiger partial charge >= 0.3 is 16.2 Å². The fourth-order valence-corrected chi connectivity index (χ4v) is 5.63. The summed E-state index contributed by atoms with van der Waals surface area (Å²) in [6, 6.07) is 4.46. The van der Waals surface area contributed by atoms with E-state index >= 15 is 0 Å². The topological polar surface area (TPSA) is 142 Å². The first-order valence-corrected chi connectivity index (χ1v) is 13.4. The Morgan fingerprint density at radius 1 is 1.27 bits per heavy atom. The third-order valence-electron chi connectivity index (χ3n) is 5.24. The summed E-state index contributed by atoms with van der Waals surface area (Å²) in [7, 11) is -4.68. The molecule has 0 unspecified atom stereocenters. The van der Waals surface area contributed by atoms with Gasteiger partial charge in [-0.05, 0) is 30.0 Å². The van der Waals surface area contributed by atoms with Crippen molar-refractivity contribution in [3.63, 3.8) is 0 Å². The van der Waals surface area contributed by atoms with Gasteiger partial charge in [0.05, 0.1) is 17.0 Å². The van der Waals surface area contributed by atoms with Crippen molar-refractivity contribution in [3.8, 4) is 11.1 Å². The van der Waals surface area contributed by atoms with Gasteiger partial charge in [-0.1, -0.05) is 31.2 Å². The Morgan fingerprint density at radius 3 is 2.39 bits per heavy atom. The molecule has 10 nitrogen and oxygen atoms in total. The minimum absolute atomic E-state index is 0. The molecule has 0 bridgehead atoms. The average Bonchev–Trinajstić information content (AvgIpc) is 3.32. The molecule has 180 valence electrons. The normalized spacial score (nSPS) is 14.6. The number of aromatic carboxylic acids is 1. The molecule has 0 amide bonds.